The number of fused-ring (bicyclic) bond motifs is 1. The van der Waals surface area contributed by atoms with Crippen LogP contribution in [0, 0.1) is 6.92 Å². The van der Waals surface area contributed by atoms with Crippen molar-refractivity contribution in [2.24, 2.45) is 0 Å². The number of anilines is 2. The largest absolute Gasteiger partial charge is 0.397 e. The van der Waals surface area contributed by atoms with Gasteiger partial charge in [-0.2, -0.15) is 0 Å². The lowest BCUT2D eigenvalue weighted by Gasteiger charge is -2.17. The summed E-state index contributed by atoms with van der Waals surface area (Å²) in [5.41, 5.74) is 8.94. The Labute approximate surface area is 117 Å². The Morgan fingerprint density at radius 2 is 2.26 bits per heavy atom. The molecule has 1 aliphatic carbocycles. The molecular weight excluding hydrogens is 256 g/mol. The molecule has 3 N–H and O–H groups in total. The van der Waals surface area contributed by atoms with E-state index >= 15 is 0 Å². The zero-order valence-electron chi connectivity index (χ0n) is 11.4. The highest BCUT2D eigenvalue weighted by molar-refractivity contribution is 7.18. The third-order valence-corrected chi connectivity index (χ3v) is 4.55. The molecule has 2 aromatic rings. The van der Waals surface area contributed by atoms with Crippen molar-refractivity contribution < 1.29 is 0 Å². The fraction of sp³-hybridized carbons (Fsp3) is 0.500. The lowest BCUT2D eigenvalue weighted by molar-refractivity contribution is 0.337. The molecule has 1 aliphatic rings. The van der Waals surface area contributed by atoms with Crippen molar-refractivity contribution >= 4 is 32.9 Å². The molecule has 19 heavy (non-hydrogen) atoms. The molecule has 0 spiro atoms. The molecule has 1 aromatic carbocycles. The number of rotatable bonds is 5. The van der Waals surface area contributed by atoms with Gasteiger partial charge in [-0.25, -0.2) is 4.98 Å². The van der Waals surface area contributed by atoms with E-state index in [1.54, 1.807) is 11.3 Å². The van der Waals surface area contributed by atoms with E-state index in [0.717, 1.165) is 45.7 Å². The van der Waals surface area contributed by atoms with Crippen molar-refractivity contribution in [1.29, 1.82) is 0 Å². The first-order valence-electron chi connectivity index (χ1n) is 6.74. The first-order chi connectivity index (χ1) is 9.13. The van der Waals surface area contributed by atoms with Gasteiger partial charge in [0.15, 0.2) is 0 Å². The van der Waals surface area contributed by atoms with E-state index < -0.39 is 0 Å². The molecule has 1 heterocycles. The Morgan fingerprint density at radius 3 is 3.00 bits per heavy atom. The third-order valence-electron chi connectivity index (χ3n) is 3.62. The maximum Gasteiger partial charge on any atom is 0.0907 e. The number of nitrogens with zero attached hydrogens (tertiary/aromatic N) is 2. The SMILES string of the molecule is Cc1nc2cc(NCCN(C)C3CC3)c(N)cc2s1. The Bertz CT molecular complexity index is 588. The number of nitrogen functional groups attached to an aromatic ring is 1. The average molecular weight is 276 g/mol. The van der Waals surface area contributed by atoms with E-state index in [9.17, 15) is 0 Å². The Hall–Kier alpha value is -1.33. The number of hydrogen-bond donors (Lipinski definition) is 2. The van der Waals surface area contributed by atoms with Crippen LogP contribution in [0.1, 0.15) is 17.8 Å². The summed E-state index contributed by atoms with van der Waals surface area (Å²) in [7, 11) is 2.19. The molecule has 1 saturated carbocycles. The molecule has 5 heteroatoms. The number of benzene rings is 1. The predicted molar refractivity (Wildman–Crippen MR) is 82.9 cm³/mol. The molecule has 0 atom stereocenters. The van der Waals surface area contributed by atoms with Crippen molar-refractivity contribution in [1.82, 2.24) is 9.88 Å². The number of aromatic nitrogens is 1. The van der Waals surface area contributed by atoms with Crippen LogP contribution in [0.2, 0.25) is 0 Å². The van der Waals surface area contributed by atoms with Gasteiger partial charge in [0.05, 0.1) is 26.6 Å². The monoisotopic (exact) mass is 276 g/mol. The number of nitrogens with one attached hydrogen (secondary N) is 1. The van der Waals surface area contributed by atoms with Gasteiger partial charge in [-0.15, -0.1) is 11.3 Å². The third kappa shape index (κ3) is 2.82. The summed E-state index contributed by atoms with van der Waals surface area (Å²) >= 11 is 1.69. The van der Waals surface area contributed by atoms with Crippen molar-refractivity contribution in [3.05, 3.63) is 17.1 Å². The van der Waals surface area contributed by atoms with E-state index in [0.29, 0.717) is 0 Å². The van der Waals surface area contributed by atoms with Crippen LogP contribution in [0.3, 0.4) is 0 Å². The fourth-order valence-corrected chi connectivity index (χ4v) is 3.18. The lowest BCUT2D eigenvalue weighted by Crippen LogP contribution is -2.27. The minimum Gasteiger partial charge on any atom is -0.397 e. The van der Waals surface area contributed by atoms with Crippen LogP contribution >= 0.6 is 11.3 Å². The first kappa shape index (κ1) is 12.7. The molecule has 3 rings (SSSR count). The van der Waals surface area contributed by atoms with Crippen molar-refractivity contribution in [3.63, 3.8) is 0 Å². The second kappa shape index (κ2) is 4.98. The van der Waals surface area contributed by atoms with Gasteiger partial charge in [0.1, 0.15) is 0 Å². The van der Waals surface area contributed by atoms with Crippen LogP contribution in [0.15, 0.2) is 12.1 Å². The average Bonchev–Trinajstić information content (AvgIpc) is 3.13. The van der Waals surface area contributed by atoms with Gasteiger partial charge < -0.3 is 16.0 Å². The summed E-state index contributed by atoms with van der Waals surface area (Å²) in [4.78, 5) is 6.92. The van der Waals surface area contributed by atoms with Gasteiger partial charge in [-0.3, -0.25) is 0 Å². The Morgan fingerprint density at radius 1 is 1.47 bits per heavy atom. The molecule has 1 fully saturated rings. The minimum absolute atomic E-state index is 0.808. The van der Waals surface area contributed by atoms with Gasteiger partial charge in [-0.1, -0.05) is 0 Å². The van der Waals surface area contributed by atoms with Gasteiger partial charge in [0.25, 0.3) is 0 Å². The van der Waals surface area contributed by atoms with Crippen molar-refractivity contribution in [2.75, 3.05) is 31.2 Å². The van der Waals surface area contributed by atoms with Crippen molar-refractivity contribution in [2.45, 2.75) is 25.8 Å². The fourth-order valence-electron chi connectivity index (χ4n) is 2.32. The van der Waals surface area contributed by atoms with Gasteiger partial charge >= 0.3 is 0 Å². The number of thiazole rings is 1. The molecule has 1 aromatic heterocycles. The smallest absolute Gasteiger partial charge is 0.0907 e. The van der Waals surface area contributed by atoms with Crippen LogP contribution in [-0.4, -0.2) is 36.1 Å². The summed E-state index contributed by atoms with van der Waals surface area (Å²) in [6, 6.07) is 4.89. The molecule has 0 unspecified atom stereocenters. The number of likely N-dealkylation sites (N-methyl/N-ethyl adjacent to an activating group) is 1. The highest BCUT2D eigenvalue weighted by Crippen LogP contribution is 2.30. The summed E-state index contributed by atoms with van der Waals surface area (Å²) in [5, 5.41) is 4.51. The van der Waals surface area contributed by atoms with E-state index in [1.165, 1.54) is 12.8 Å². The van der Waals surface area contributed by atoms with Crippen LogP contribution in [-0.2, 0) is 0 Å². The maximum atomic E-state index is 6.09. The van der Waals surface area contributed by atoms with Crippen LogP contribution < -0.4 is 11.1 Å². The van der Waals surface area contributed by atoms with Crippen molar-refractivity contribution in [3.8, 4) is 0 Å². The number of nitrogens with two attached hydrogens (primary N) is 1. The molecule has 0 amide bonds. The van der Waals surface area contributed by atoms with Gasteiger partial charge in [-0.05, 0) is 38.9 Å². The number of aryl methyl sites for hydroxylation is 1. The topological polar surface area (TPSA) is 54.2 Å². The highest BCUT2D eigenvalue weighted by Gasteiger charge is 2.25. The van der Waals surface area contributed by atoms with Crippen LogP contribution in [0.5, 0.6) is 0 Å². The molecule has 0 radical (unpaired) electrons. The molecule has 0 bridgehead atoms. The van der Waals surface area contributed by atoms with Crippen LogP contribution in [0.25, 0.3) is 10.2 Å². The molecule has 0 aliphatic heterocycles. The van der Waals surface area contributed by atoms with Crippen LogP contribution in [0.4, 0.5) is 11.4 Å². The number of hydrogen-bond acceptors (Lipinski definition) is 5. The summed E-state index contributed by atoms with van der Waals surface area (Å²) < 4.78 is 1.16. The second-order valence-electron chi connectivity index (χ2n) is 5.28. The zero-order valence-corrected chi connectivity index (χ0v) is 12.3. The van der Waals surface area contributed by atoms with E-state index in [2.05, 4.69) is 28.3 Å². The van der Waals surface area contributed by atoms with E-state index in [1.807, 2.05) is 13.0 Å². The first-order valence-corrected chi connectivity index (χ1v) is 7.56. The standard InChI is InChI=1S/C14H20N4S/c1-9-17-13-8-12(11(15)7-14(13)19-9)16-5-6-18(2)10-3-4-10/h7-8,10,16H,3-6,15H2,1-2H3. The van der Waals surface area contributed by atoms with E-state index in [-0.39, 0.29) is 0 Å². The molecular formula is C14H20N4S. The molecule has 0 saturated heterocycles. The van der Waals surface area contributed by atoms with Gasteiger partial charge in [0, 0.05) is 19.1 Å². The second-order valence-corrected chi connectivity index (χ2v) is 6.51. The lowest BCUT2D eigenvalue weighted by atomic mass is 10.2. The maximum absolute atomic E-state index is 6.09. The summed E-state index contributed by atoms with van der Waals surface area (Å²) in [6.07, 6.45) is 2.70. The normalized spacial score (nSPS) is 15.3. The summed E-state index contributed by atoms with van der Waals surface area (Å²) in [6.45, 7) is 4.00. The Balaban J connectivity index is 1.67. The summed E-state index contributed by atoms with van der Waals surface area (Å²) in [5.74, 6) is 0. The predicted octanol–water partition coefficient (Wildman–Crippen LogP) is 2.69. The van der Waals surface area contributed by atoms with E-state index in [4.69, 9.17) is 5.73 Å². The molecule has 102 valence electrons. The minimum atomic E-state index is 0.808. The Kier molecular flexibility index (Phi) is 3.33. The quantitative estimate of drug-likeness (QED) is 0.824. The van der Waals surface area contributed by atoms with Gasteiger partial charge in [0.2, 0.25) is 0 Å². The molecule has 4 nitrogen and oxygen atoms in total. The zero-order chi connectivity index (χ0) is 13.4. The highest BCUT2D eigenvalue weighted by atomic mass is 32.1.